The Bertz CT molecular complexity index is 425. The smallest absolute Gasteiger partial charge is 0.238 e. The third-order valence-corrected chi connectivity index (χ3v) is 2.00. The number of nitrogens with one attached hydrogen (secondary N) is 1. The lowest BCUT2D eigenvalue weighted by molar-refractivity contribution is 0.176. The third-order valence-electron chi connectivity index (χ3n) is 2.00. The fraction of sp³-hybridized carbons (Fsp3) is 0.444. The summed E-state index contributed by atoms with van der Waals surface area (Å²) >= 11 is 0. The number of nitrogens with zero attached hydrogens (tertiary/aromatic N) is 3. The molecule has 0 fully saturated rings. The molecule has 0 saturated carbocycles. The summed E-state index contributed by atoms with van der Waals surface area (Å²) in [6.07, 6.45) is 3.81. The largest absolute Gasteiger partial charge is 0.383 e. The number of nitrogens with two attached hydrogens (primary N) is 1. The lowest BCUT2D eigenvalue weighted by atomic mass is 10.2. The molecule has 2 rings (SSSR count). The summed E-state index contributed by atoms with van der Waals surface area (Å²) in [5.74, 6) is 1.50. The molecule has 0 bridgehead atoms. The van der Waals surface area contributed by atoms with Crippen molar-refractivity contribution in [3.8, 4) is 11.6 Å². The van der Waals surface area contributed by atoms with Gasteiger partial charge >= 0.3 is 0 Å². The molecule has 16 heavy (non-hydrogen) atoms. The molecule has 0 saturated heterocycles. The van der Waals surface area contributed by atoms with E-state index in [-0.39, 0.29) is 6.04 Å². The predicted octanol–water partition coefficient (Wildman–Crippen LogP) is -0.0241. The van der Waals surface area contributed by atoms with E-state index in [0.717, 1.165) is 0 Å². The zero-order chi connectivity index (χ0) is 11.4. The molecule has 0 aromatic carbocycles. The van der Waals surface area contributed by atoms with E-state index in [1.807, 2.05) is 0 Å². The molecule has 1 unspecified atom stereocenters. The molecule has 0 spiro atoms. The Morgan fingerprint density at radius 1 is 1.62 bits per heavy atom. The Morgan fingerprint density at radius 3 is 3.19 bits per heavy atom. The molecule has 0 aliphatic carbocycles. The minimum Gasteiger partial charge on any atom is -0.383 e. The molecule has 0 aliphatic rings. The van der Waals surface area contributed by atoms with Crippen molar-refractivity contribution in [1.29, 1.82) is 0 Å². The second-order valence-electron chi connectivity index (χ2n) is 3.37. The van der Waals surface area contributed by atoms with Crippen LogP contribution in [0, 0.1) is 0 Å². The van der Waals surface area contributed by atoms with E-state index in [1.54, 1.807) is 19.5 Å². The summed E-state index contributed by atoms with van der Waals surface area (Å²) in [6.45, 7) is 0.457. The fourth-order valence-electron chi connectivity index (χ4n) is 1.32. The lowest BCUT2D eigenvalue weighted by Gasteiger charge is -2.05. The van der Waals surface area contributed by atoms with Crippen LogP contribution < -0.4 is 5.73 Å². The number of rotatable bonds is 5. The fourth-order valence-corrected chi connectivity index (χ4v) is 1.32. The number of aromatic amines is 1. The van der Waals surface area contributed by atoms with Gasteiger partial charge in [0.15, 0.2) is 5.82 Å². The van der Waals surface area contributed by atoms with Gasteiger partial charge in [-0.25, -0.2) is 4.98 Å². The van der Waals surface area contributed by atoms with Crippen molar-refractivity contribution in [3.05, 3.63) is 18.3 Å². The molecule has 0 aliphatic heterocycles. The average Bonchev–Trinajstić information content (AvgIpc) is 2.86. The molecule has 7 nitrogen and oxygen atoms in total. The first-order valence-electron chi connectivity index (χ1n) is 4.86. The van der Waals surface area contributed by atoms with E-state index in [4.69, 9.17) is 15.0 Å². The van der Waals surface area contributed by atoms with Gasteiger partial charge in [0.05, 0.1) is 6.61 Å². The maximum Gasteiger partial charge on any atom is 0.238 e. The number of ether oxygens (including phenoxy) is 1. The zero-order valence-electron chi connectivity index (χ0n) is 8.88. The second kappa shape index (κ2) is 4.86. The molecule has 2 aromatic rings. The summed E-state index contributed by atoms with van der Waals surface area (Å²) in [4.78, 5) is 11.1. The van der Waals surface area contributed by atoms with Crippen LogP contribution >= 0.6 is 0 Å². The first-order valence-corrected chi connectivity index (χ1v) is 4.86. The molecule has 86 valence electrons. The number of methoxy groups -OCH3 is 1. The summed E-state index contributed by atoms with van der Waals surface area (Å²) in [7, 11) is 1.60. The molecular formula is C9H13N5O2. The Labute approximate surface area is 92.0 Å². The van der Waals surface area contributed by atoms with Crippen molar-refractivity contribution in [2.45, 2.75) is 12.5 Å². The van der Waals surface area contributed by atoms with Crippen molar-refractivity contribution in [3.63, 3.8) is 0 Å². The van der Waals surface area contributed by atoms with Gasteiger partial charge in [0.25, 0.3) is 0 Å². The third kappa shape index (κ3) is 2.44. The number of hydrogen-bond acceptors (Lipinski definition) is 6. The van der Waals surface area contributed by atoms with Crippen molar-refractivity contribution >= 4 is 0 Å². The SMILES string of the molecule is COCC(N)Cc1nc(-c2ncc[nH]2)no1. The Balaban J connectivity index is 2.03. The molecular weight excluding hydrogens is 210 g/mol. The zero-order valence-corrected chi connectivity index (χ0v) is 8.88. The second-order valence-corrected chi connectivity index (χ2v) is 3.37. The molecule has 7 heteroatoms. The van der Waals surface area contributed by atoms with Gasteiger partial charge in [-0.2, -0.15) is 4.98 Å². The van der Waals surface area contributed by atoms with Crippen LogP contribution in [-0.4, -0.2) is 39.9 Å². The van der Waals surface area contributed by atoms with E-state index in [0.29, 0.717) is 30.6 Å². The van der Waals surface area contributed by atoms with E-state index in [9.17, 15) is 0 Å². The number of H-pyrrole nitrogens is 1. The highest BCUT2D eigenvalue weighted by atomic mass is 16.5. The van der Waals surface area contributed by atoms with Crippen LogP contribution in [0.5, 0.6) is 0 Å². The number of imidazole rings is 1. The Hall–Kier alpha value is -1.73. The van der Waals surface area contributed by atoms with Crippen LogP contribution in [-0.2, 0) is 11.2 Å². The van der Waals surface area contributed by atoms with E-state index >= 15 is 0 Å². The standard InChI is InChI=1S/C9H13N5O2/c1-15-5-6(10)4-7-13-9(14-16-7)8-11-2-3-12-8/h2-3,6H,4-5,10H2,1H3,(H,11,12). The first kappa shape index (κ1) is 10.8. The maximum atomic E-state index is 5.77. The normalized spacial score (nSPS) is 12.9. The predicted molar refractivity (Wildman–Crippen MR) is 55.4 cm³/mol. The summed E-state index contributed by atoms with van der Waals surface area (Å²) in [5.41, 5.74) is 5.77. The van der Waals surface area contributed by atoms with Gasteiger partial charge in [-0.15, -0.1) is 0 Å². The van der Waals surface area contributed by atoms with Crippen LogP contribution in [0.3, 0.4) is 0 Å². The minimum absolute atomic E-state index is 0.144. The van der Waals surface area contributed by atoms with Gasteiger partial charge in [0.2, 0.25) is 11.7 Å². The van der Waals surface area contributed by atoms with Gasteiger partial charge in [-0.1, -0.05) is 5.16 Å². The molecule has 2 aromatic heterocycles. The summed E-state index contributed by atoms with van der Waals surface area (Å²) < 4.78 is 9.97. The van der Waals surface area contributed by atoms with Gasteiger partial charge in [0.1, 0.15) is 0 Å². The summed E-state index contributed by atoms with van der Waals surface area (Å²) in [5, 5.41) is 3.80. The van der Waals surface area contributed by atoms with Crippen molar-refractivity contribution in [2.24, 2.45) is 5.73 Å². The minimum atomic E-state index is -0.144. The lowest BCUT2D eigenvalue weighted by Crippen LogP contribution is -2.28. The van der Waals surface area contributed by atoms with Gasteiger partial charge in [-0.05, 0) is 0 Å². The monoisotopic (exact) mass is 223 g/mol. The van der Waals surface area contributed by atoms with Crippen molar-refractivity contribution in [1.82, 2.24) is 20.1 Å². The van der Waals surface area contributed by atoms with Crippen LogP contribution in [0.25, 0.3) is 11.6 Å². The Kier molecular flexibility index (Phi) is 3.28. The average molecular weight is 223 g/mol. The number of aromatic nitrogens is 4. The van der Waals surface area contributed by atoms with Gasteiger partial charge in [0, 0.05) is 32.0 Å². The highest BCUT2D eigenvalue weighted by molar-refractivity contribution is 5.40. The van der Waals surface area contributed by atoms with Crippen molar-refractivity contribution < 1.29 is 9.26 Å². The molecule has 0 amide bonds. The maximum absolute atomic E-state index is 5.77. The Morgan fingerprint density at radius 2 is 2.50 bits per heavy atom. The topological polar surface area (TPSA) is 103 Å². The van der Waals surface area contributed by atoms with Crippen LogP contribution in [0.15, 0.2) is 16.9 Å². The molecule has 2 heterocycles. The van der Waals surface area contributed by atoms with E-state index in [2.05, 4.69) is 20.1 Å². The quantitative estimate of drug-likeness (QED) is 0.738. The van der Waals surface area contributed by atoms with Gasteiger partial charge < -0.3 is 20.0 Å². The van der Waals surface area contributed by atoms with Crippen LogP contribution in [0.4, 0.5) is 0 Å². The molecule has 1 atom stereocenters. The van der Waals surface area contributed by atoms with E-state index in [1.165, 1.54) is 0 Å². The highest BCUT2D eigenvalue weighted by Gasteiger charge is 2.13. The molecule has 3 N–H and O–H groups in total. The van der Waals surface area contributed by atoms with Crippen molar-refractivity contribution in [2.75, 3.05) is 13.7 Å². The first-order chi connectivity index (χ1) is 7.79. The summed E-state index contributed by atoms with van der Waals surface area (Å²) in [6, 6.07) is -0.144. The highest BCUT2D eigenvalue weighted by Crippen LogP contribution is 2.10. The van der Waals surface area contributed by atoms with E-state index < -0.39 is 0 Å². The van der Waals surface area contributed by atoms with Crippen LogP contribution in [0.1, 0.15) is 5.89 Å². The number of hydrogen-bond donors (Lipinski definition) is 2. The van der Waals surface area contributed by atoms with Gasteiger partial charge in [-0.3, -0.25) is 0 Å². The molecule has 0 radical (unpaired) electrons. The van der Waals surface area contributed by atoms with Crippen LogP contribution in [0.2, 0.25) is 0 Å².